The monoisotopic (exact) mass is 496 g/mol. The maximum Gasteiger partial charge on any atom is 0.410 e. The summed E-state index contributed by atoms with van der Waals surface area (Å²) in [6.45, 7) is 8.14. The lowest BCUT2D eigenvalue weighted by Crippen LogP contribution is -2.42. The number of piperidine rings is 1. The molecule has 1 aromatic carbocycles. The van der Waals surface area contributed by atoms with Gasteiger partial charge in [0.2, 0.25) is 5.88 Å². The summed E-state index contributed by atoms with van der Waals surface area (Å²) in [4.78, 5) is 37.3. The van der Waals surface area contributed by atoms with Crippen molar-refractivity contribution in [2.24, 2.45) is 5.92 Å². The minimum absolute atomic E-state index is 0.000887. The van der Waals surface area contributed by atoms with E-state index in [4.69, 9.17) is 9.47 Å². The highest BCUT2D eigenvalue weighted by Gasteiger charge is 2.29. The van der Waals surface area contributed by atoms with Gasteiger partial charge in [0.15, 0.2) is 0 Å². The first-order valence-electron chi connectivity index (χ1n) is 12.7. The first kappa shape index (κ1) is 25.9. The highest BCUT2D eigenvalue weighted by atomic mass is 16.6. The molecule has 2 aliphatic heterocycles. The zero-order valence-corrected chi connectivity index (χ0v) is 21.4. The van der Waals surface area contributed by atoms with Crippen LogP contribution in [0.1, 0.15) is 56.8 Å². The third-order valence-electron chi connectivity index (χ3n) is 6.64. The van der Waals surface area contributed by atoms with E-state index in [1.54, 1.807) is 34.3 Å². The van der Waals surface area contributed by atoms with E-state index in [0.29, 0.717) is 49.3 Å². The molecule has 36 heavy (non-hydrogen) atoms. The summed E-state index contributed by atoms with van der Waals surface area (Å²) < 4.78 is 11.3. The average molecular weight is 497 g/mol. The summed E-state index contributed by atoms with van der Waals surface area (Å²) in [6.07, 6.45) is 6.49. The van der Waals surface area contributed by atoms with Gasteiger partial charge in [-0.25, -0.2) is 14.8 Å². The third-order valence-corrected chi connectivity index (χ3v) is 6.64. The van der Waals surface area contributed by atoms with Crippen molar-refractivity contribution in [3.63, 3.8) is 0 Å². The van der Waals surface area contributed by atoms with Crippen LogP contribution in [0.3, 0.4) is 0 Å². The van der Waals surface area contributed by atoms with Gasteiger partial charge in [0.1, 0.15) is 5.60 Å². The molecule has 0 radical (unpaired) electrons. The number of amides is 2. The zero-order chi connectivity index (χ0) is 25.7. The zero-order valence-electron chi connectivity index (χ0n) is 21.4. The van der Waals surface area contributed by atoms with Crippen molar-refractivity contribution in [2.75, 3.05) is 32.8 Å². The van der Waals surface area contributed by atoms with Gasteiger partial charge in [-0.05, 0) is 64.5 Å². The molecule has 2 saturated heterocycles. The second-order valence-electron chi connectivity index (χ2n) is 10.5. The molecule has 1 N–H and O–H groups in total. The highest BCUT2D eigenvalue weighted by molar-refractivity contribution is 5.95. The number of hydrogen-bond acceptors (Lipinski definition) is 7. The van der Waals surface area contributed by atoms with Crippen LogP contribution in [-0.4, -0.2) is 81.4 Å². The van der Waals surface area contributed by atoms with Gasteiger partial charge in [0, 0.05) is 30.8 Å². The number of likely N-dealkylation sites (tertiary alicyclic amines) is 2. The minimum Gasteiger partial charge on any atom is -0.476 e. The first-order chi connectivity index (χ1) is 17.2. The number of aliphatic hydroxyl groups is 1. The Bertz CT molecular complexity index is 1030. The molecule has 3 heterocycles. The largest absolute Gasteiger partial charge is 0.476 e. The standard InChI is InChI=1S/C27H36N4O5/c1-27(2,3)36-26(34)30-13-10-19(11-14-30)18-35-24-16-28-23(15-29-24)20-6-8-21(9-7-20)25(33)31-12-4-5-22(31)17-32/h6-9,15-16,19,22,32H,4-5,10-14,17-18H2,1-3H3/t22-/m1/s1. The van der Waals surface area contributed by atoms with Crippen LogP contribution in [0, 0.1) is 5.92 Å². The van der Waals surface area contributed by atoms with Crippen molar-refractivity contribution in [2.45, 2.75) is 58.1 Å². The van der Waals surface area contributed by atoms with Crippen LogP contribution in [0.2, 0.25) is 0 Å². The fourth-order valence-electron chi connectivity index (χ4n) is 4.59. The van der Waals surface area contributed by atoms with Crippen LogP contribution >= 0.6 is 0 Å². The first-order valence-corrected chi connectivity index (χ1v) is 12.7. The highest BCUT2D eigenvalue weighted by Crippen LogP contribution is 2.24. The number of nitrogens with zero attached hydrogens (tertiary/aromatic N) is 4. The van der Waals surface area contributed by atoms with Gasteiger partial charge in [-0.3, -0.25) is 4.79 Å². The average Bonchev–Trinajstić information content (AvgIpc) is 3.36. The van der Waals surface area contributed by atoms with E-state index in [1.165, 1.54) is 0 Å². The van der Waals surface area contributed by atoms with Crippen molar-refractivity contribution >= 4 is 12.0 Å². The molecule has 0 spiro atoms. The maximum absolute atomic E-state index is 12.8. The normalized spacial score (nSPS) is 18.8. The Labute approximate surface area is 212 Å². The summed E-state index contributed by atoms with van der Waals surface area (Å²) in [5.41, 5.74) is 1.67. The van der Waals surface area contributed by atoms with Crippen molar-refractivity contribution in [1.82, 2.24) is 19.8 Å². The molecule has 9 nitrogen and oxygen atoms in total. The molecule has 1 atom stereocenters. The number of aromatic nitrogens is 2. The SMILES string of the molecule is CC(C)(C)OC(=O)N1CCC(COc2cnc(-c3ccc(C(=O)N4CCC[C@@H]4CO)cc3)cn2)CC1. The number of rotatable bonds is 6. The summed E-state index contributed by atoms with van der Waals surface area (Å²) >= 11 is 0. The van der Waals surface area contributed by atoms with Crippen LogP contribution in [0.5, 0.6) is 5.88 Å². The van der Waals surface area contributed by atoms with Gasteiger partial charge >= 0.3 is 6.09 Å². The Morgan fingerprint density at radius 1 is 1.03 bits per heavy atom. The molecule has 2 aliphatic rings. The molecule has 0 saturated carbocycles. The predicted octanol–water partition coefficient (Wildman–Crippen LogP) is 3.77. The Morgan fingerprint density at radius 2 is 1.75 bits per heavy atom. The quantitative estimate of drug-likeness (QED) is 0.649. The van der Waals surface area contributed by atoms with Gasteiger partial charge in [0.05, 0.1) is 37.3 Å². The van der Waals surface area contributed by atoms with Crippen LogP contribution in [0.15, 0.2) is 36.7 Å². The van der Waals surface area contributed by atoms with Crippen LogP contribution in [-0.2, 0) is 4.74 Å². The number of hydrogen-bond donors (Lipinski definition) is 1. The topological polar surface area (TPSA) is 105 Å². The third kappa shape index (κ3) is 6.51. The molecule has 1 aromatic heterocycles. The lowest BCUT2D eigenvalue weighted by Gasteiger charge is -2.33. The summed E-state index contributed by atoms with van der Waals surface area (Å²) in [7, 11) is 0. The molecule has 9 heteroatoms. The van der Waals surface area contributed by atoms with Crippen LogP contribution in [0.25, 0.3) is 11.3 Å². The minimum atomic E-state index is -0.487. The van der Waals surface area contributed by atoms with Crippen molar-refractivity contribution < 1.29 is 24.2 Å². The molecule has 0 aliphatic carbocycles. The van der Waals surface area contributed by atoms with E-state index in [-0.39, 0.29) is 24.6 Å². The summed E-state index contributed by atoms with van der Waals surface area (Å²) in [5.74, 6) is 0.755. The number of carbonyl (C=O) groups is 2. The molecule has 4 rings (SSSR count). The lowest BCUT2D eigenvalue weighted by molar-refractivity contribution is 0.0164. The van der Waals surface area contributed by atoms with E-state index in [0.717, 1.165) is 31.2 Å². The smallest absolute Gasteiger partial charge is 0.410 e. The second-order valence-corrected chi connectivity index (χ2v) is 10.5. The molecular formula is C27H36N4O5. The summed E-state index contributed by atoms with van der Waals surface area (Å²) in [5, 5.41) is 9.49. The summed E-state index contributed by atoms with van der Waals surface area (Å²) in [6, 6.07) is 7.22. The van der Waals surface area contributed by atoms with Crippen molar-refractivity contribution in [1.29, 1.82) is 0 Å². The van der Waals surface area contributed by atoms with Crippen LogP contribution < -0.4 is 4.74 Å². The number of aliphatic hydroxyl groups excluding tert-OH is 1. The van der Waals surface area contributed by atoms with E-state index < -0.39 is 5.60 Å². The molecule has 2 aromatic rings. The fraction of sp³-hybridized carbons (Fsp3) is 0.556. The van der Waals surface area contributed by atoms with E-state index in [1.807, 2.05) is 32.9 Å². The lowest BCUT2D eigenvalue weighted by atomic mass is 9.98. The molecular weight excluding hydrogens is 460 g/mol. The van der Waals surface area contributed by atoms with Crippen LogP contribution in [0.4, 0.5) is 4.79 Å². The van der Waals surface area contributed by atoms with Gasteiger partial charge in [-0.1, -0.05) is 12.1 Å². The second kappa shape index (κ2) is 11.2. The number of benzene rings is 1. The molecule has 2 fully saturated rings. The van der Waals surface area contributed by atoms with E-state index in [9.17, 15) is 14.7 Å². The predicted molar refractivity (Wildman–Crippen MR) is 135 cm³/mol. The number of carbonyl (C=O) groups excluding carboxylic acids is 2. The molecule has 2 amide bonds. The van der Waals surface area contributed by atoms with Crippen molar-refractivity contribution in [3.05, 3.63) is 42.2 Å². The van der Waals surface area contributed by atoms with E-state index >= 15 is 0 Å². The van der Waals surface area contributed by atoms with Gasteiger partial charge in [-0.2, -0.15) is 0 Å². The van der Waals surface area contributed by atoms with E-state index in [2.05, 4.69) is 9.97 Å². The Morgan fingerprint density at radius 3 is 2.36 bits per heavy atom. The Kier molecular flexibility index (Phi) is 8.08. The van der Waals surface area contributed by atoms with Gasteiger partial charge in [0.25, 0.3) is 5.91 Å². The van der Waals surface area contributed by atoms with Gasteiger partial charge in [-0.15, -0.1) is 0 Å². The maximum atomic E-state index is 12.8. The Hall–Kier alpha value is -3.20. The fourth-order valence-corrected chi connectivity index (χ4v) is 4.59. The molecule has 0 unspecified atom stereocenters. The van der Waals surface area contributed by atoms with Crippen molar-refractivity contribution in [3.8, 4) is 17.1 Å². The van der Waals surface area contributed by atoms with Gasteiger partial charge < -0.3 is 24.4 Å². The molecule has 194 valence electrons. The number of ether oxygens (including phenoxy) is 2. The molecule has 0 bridgehead atoms. The Balaban J connectivity index is 1.25.